The number of ether oxygens (including phenoxy) is 1. The van der Waals surface area contributed by atoms with Crippen molar-refractivity contribution in [3.05, 3.63) is 29.0 Å². The number of halogens is 1. The third-order valence-electron chi connectivity index (χ3n) is 3.71. The lowest BCUT2D eigenvalue weighted by Gasteiger charge is -2.35. The third kappa shape index (κ3) is 4.17. The molecule has 1 amide bonds. The van der Waals surface area contributed by atoms with Crippen molar-refractivity contribution in [3.8, 4) is 0 Å². The molecule has 0 unspecified atom stereocenters. The van der Waals surface area contributed by atoms with E-state index in [1.807, 2.05) is 4.90 Å². The molecule has 0 aliphatic carbocycles. The fourth-order valence-electron chi connectivity index (χ4n) is 2.54. The number of likely N-dealkylation sites (tertiary alicyclic amines) is 1. The van der Waals surface area contributed by atoms with Gasteiger partial charge in [-0.15, -0.1) is 0 Å². The Bertz CT molecular complexity index is 504. The monoisotopic (exact) mass is 310 g/mol. The highest BCUT2D eigenvalue weighted by atomic mass is 35.5. The Morgan fingerprint density at radius 3 is 2.90 bits per heavy atom. The Hall–Kier alpha value is -1.62. The van der Waals surface area contributed by atoms with E-state index in [1.54, 1.807) is 0 Å². The second kappa shape index (κ2) is 7.41. The number of pyridine rings is 1. The SMILES string of the molecule is CC[C@H]1CCCCN1C(=O)COC(=O)c1ccc(Cl)nc1. The Morgan fingerprint density at radius 1 is 1.43 bits per heavy atom. The van der Waals surface area contributed by atoms with E-state index in [1.165, 1.54) is 18.3 Å². The molecule has 1 aromatic heterocycles. The number of hydrogen-bond acceptors (Lipinski definition) is 4. The average Bonchev–Trinajstić information content (AvgIpc) is 2.52. The molecule has 2 rings (SSSR count). The molecule has 2 heterocycles. The number of esters is 1. The molecule has 0 saturated carbocycles. The van der Waals surface area contributed by atoms with Crippen LogP contribution in [0.2, 0.25) is 5.15 Å². The van der Waals surface area contributed by atoms with Gasteiger partial charge in [0.2, 0.25) is 0 Å². The first kappa shape index (κ1) is 15.8. The zero-order valence-corrected chi connectivity index (χ0v) is 12.8. The zero-order chi connectivity index (χ0) is 15.2. The zero-order valence-electron chi connectivity index (χ0n) is 12.0. The standard InChI is InChI=1S/C15H19ClN2O3/c1-2-12-5-3-4-8-18(12)14(19)10-21-15(20)11-6-7-13(16)17-9-11/h6-7,9,12H,2-5,8,10H2,1H3/t12-/m0/s1. The highest BCUT2D eigenvalue weighted by Gasteiger charge is 2.26. The molecule has 1 fully saturated rings. The molecule has 21 heavy (non-hydrogen) atoms. The second-order valence-corrected chi connectivity index (χ2v) is 5.48. The summed E-state index contributed by atoms with van der Waals surface area (Å²) < 4.78 is 5.06. The summed E-state index contributed by atoms with van der Waals surface area (Å²) >= 11 is 5.65. The molecule has 1 aliphatic heterocycles. The van der Waals surface area contributed by atoms with E-state index < -0.39 is 5.97 Å². The number of amides is 1. The molecule has 1 atom stereocenters. The van der Waals surface area contributed by atoms with Crippen LogP contribution < -0.4 is 0 Å². The number of hydrogen-bond donors (Lipinski definition) is 0. The normalized spacial score (nSPS) is 18.4. The van der Waals surface area contributed by atoms with Crippen LogP contribution in [-0.4, -0.2) is 41.0 Å². The van der Waals surface area contributed by atoms with Crippen molar-refractivity contribution in [1.29, 1.82) is 0 Å². The van der Waals surface area contributed by atoms with Gasteiger partial charge in [0.25, 0.3) is 5.91 Å². The summed E-state index contributed by atoms with van der Waals surface area (Å²) in [6.45, 7) is 2.59. The molecule has 1 aliphatic rings. The van der Waals surface area contributed by atoms with Crippen LogP contribution >= 0.6 is 11.6 Å². The molecule has 0 aromatic carbocycles. The quantitative estimate of drug-likeness (QED) is 0.633. The Balaban J connectivity index is 1.88. The summed E-state index contributed by atoms with van der Waals surface area (Å²) in [5, 5.41) is 0.307. The van der Waals surface area contributed by atoms with Crippen LogP contribution in [0, 0.1) is 0 Å². The lowest BCUT2D eigenvalue weighted by atomic mass is 10.00. The Kier molecular flexibility index (Phi) is 5.56. The van der Waals surface area contributed by atoms with E-state index in [4.69, 9.17) is 16.3 Å². The first-order chi connectivity index (χ1) is 10.1. The van der Waals surface area contributed by atoms with Crippen LogP contribution in [0.25, 0.3) is 0 Å². The van der Waals surface area contributed by atoms with Crippen LogP contribution in [0.5, 0.6) is 0 Å². The minimum Gasteiger partial charge on any atom is -0.452 e. The first-order valence-electron chi connectivity index (χ1n) is 7.20. The fourth-order valence-corrected chi connectivity index (χ4v) is 2.66. The van der Waals surface area contributed by atoms with E-state index in [0.29, 0.717) is 5.15 Å². The van der Waals surface area contributed by atoms with Gasteiger partial charge in [-0.1, -0.05) is 18.5 Å². The summed E-state index contributed by atoms with van der Waals surface area (Å²) in [6.07, 6.45) is 5.46. The molecule has 1 aromatic rings. The van der Waals surface area contributed by atoms with Crippen molar-refractivity contribution in [2.45, 2.75) is 38.6 Å². The van der Waals surface area contributed by atoms with Crippen molar-refractivity contribution >= 4 is 23.5 Å². The van der Waals surface area contributed by atoms with Gasteiger partial charge in [0, 0.05) is 18.8 Å². The third-order valence-corrected chi connectivity index (χ3v) is 3.93. The molecular formula is C15H19ClN2O3. The highest BCUT2D eigenvalue weighted by molar-refractivity contribution is 6.29. The van der Waals surface area contributed by atoms with Gasteiger partial charge in [-0.25, -0.2) is 9.78 Å². The van der Waals surface area contributed by atoms with Gasteiger partial charge in [0.1, 0.15) is 5.15 Å². The van der Waals surface area contributed by atoms with Gasteiger partial charge in [-0.2, -0.15) is 0 Å². The van der Waals surface area contributed by atoms with Crippen LogP contribution in [0.3, 0.4) is 0 Å². The number of carbonyl (C=O) groups is 2. The van der Waals surface area contributed by atoms with Crippen LogP contribution in [0.4, 0.5) is 0 Å². The summed E-state index contributed by atoms with van der Waals surface area (Å²) in [4.78, 5) is 29.6. The van der Waals surface area contributed by atoms with E-state index >= 15 is 0 Å². The van der Waals surface area contributed by atoms with Gasteiger partial charge in [-0.3, -0.25) is 4.79 Å². The van der Waals surface area contributed by atoms with Crippen LogP contribution in [0.1, 0.15) is 43.0 Å². The van der Waals surface area contributed by atoms with Gasteiger partial charge in [0.05, 0.1) is 5.56 Å². The number of nitrogens with zero attached hydrogens (tertiary/aromatic N) is 2. The molecule has 0 bridgehead atoms. The van der Waals surface area contributed by atoms with Crippen LogP contribution in [0.15, 0.2) is 18.3 Å². The fraction of sp³-hybridized carbons (Fsp3) is 0.533. The number of piperidine rings is 1. The van der Waals surface area contributed by atoms with Crippen molar-refractivity contribution in [2.75, 3.05) is 13.2 Å². The molecule has 1 saturated heterocycles. The minimum absolute atomic E-state index is 0.128. The van der Waals surface area contributed by atoms with E-state index in [9.17, 15) is 9.59 Å². The molecule has 114 valence electrons. The van der Waals surface area contributed by atoms with Crippen molar-refractivity contribution < 1.29 is 14.3 Å². The summed E-state index contributed by atoms with van der Waals surface area (Å²) in [5.74, 6) is -0.686. The van der Waals surface area contributed by atoms with E-state index in [0.717, 1.165) is 32.2 Å². The van der Waals surface area contributed by atoms with Gasteiger partial charge >= 0.3 is 5.97 Å². The lowest BCUT2D eigenvalue weighted by Crippen LogP contribution is -2.45. The lowest BCUT2D eigenvalue weighted by molar-refractivity contribution is -0.138. The van der Waals surface area contributed by atoms with E-state index in [-0.39, 0.29) is 24.1 Å². The van der Waals surface area contributed by atoms with Gasteiger partial charge in [-0.05, 0) is 37.8 Å². The summed E-state index contributed by atoms with van der Waals surface area (Å²) in [5.41, 5.74) is 0.290. The highest BCUT2D eigenvalue weighted by Crippen LogP contribution is 2.19. The summed E-state index contributed by atoms with van der Waals surface area (Å²) in [7, 11) is 0. The molecule has 0 N–H and O–H groups in total. The molecule has 0 spiro atoms. The molecular weight excluding hydrogens is 292 g/mol. The predicted octanol–water partition coefficient (Wildman–Crippen LogP) is 2.68. The van der Waals surface area contributed by atoms with Crippen LogP contribution in [-0.2, 0) is 9.53 Å². The smallest absolute Gasteiger partial charge is 0.340 e. The maximum Gasteiger partial charge on any atom is 0.340 e. The average molecular weight is 311 g/mol. The largest absolute Gasteiger partial charge is 0.452 e. The second-order valence-electron chi connectivity index (χ2n) is 5.09. The molecule has 0 radical (unpaired) electrons. The minimum atomic E-state index is -0.558. The van der Waals surface area contributed by atoms with Gasteiger partial charge < -0.3 is 9.64 Å². The number of aromatic nitrogens is 1. The molecule has 5 nitrogen and oxygen atoms in total. The van der Waals surface area contributed by atoms with Crippen molar-refractivity contribution in [3.63, 3.8) is 0 Å². The van der Waals surface area contributed by atoms with Crippen molar-refractivity contribution in [1.82, 2.24) is 9.88 Å². The predicted molar refractivity (Wildman–Crippen MR) is 79.2 cm³/mol. The maximum absolute atomic E-state index is 12.2. The van der Waals surface area contributed by atoms with Gasteiger partial charge in [0.15, 0.2) is 6.61 Å². The molecule has 6 heteroatoms. The Labute approximate surface area is 129 Å². The maximum atomic E-state index is 12.2. The number of rotatable bonds is 4. The topological polar surface area (TPSA) is 59.5 Å². The first-order valence-corrected chi connectivity index (χ1v) is 7.57. The number of carbonyl (C=O) groups excluding carboxylic acids is 2. The summed E-state index contributed by atoms with van der Waals surface area (Å²) in [6, 6.07) is 3.30. The van der Waals surface area contributed by atoms with E-state index in [2.05, 4.69) is 11.9 Å². The Morgan fingerprint density at radius 2 is 2.24 bits per heavy atom. The van der Waals surface area contributed by atoms with Crippen molar-refractivity contribution in [2.24, 2.45) is 0 Å².